The molecule has 0 amide bonds. The molecule has 1 atom stereocenters. The molecule has 3 aliphatic heterocycles. The number of hydrazone groups is 1. The smallest absolute Gasteiger partial charge is 0.200 e. The Kier molecular flexibility index (Phi) is 3.86. The SMILES string of the molecule is COc1ccccc1C1=NN2[C@H](C1)c1ccccc1OC21CCN(C)CC1. The second-order valence-corrected chi connectivity index (χ2v) is 7.70. The zero-order valence-electron chi connectivity index (χ0n) is 15.9. The number of benzene rings is 2. The summed E-state index contributed by atoms with van der Waals surface area (Å²) >= 11 is 0. The second kappa shape index (κ2) is 6.27. The van der Waals surface area contributed by atoms with Gasteiger partial charge in [0.15, 0.2) is 0 Å². The van der Waals surface area contributed by atoms with Crippen molar-refractivity contribution < 1.29 is 9.47 Å². The summed E-state index contributed by atoms with van der Waals surface area (Å²) in [4.78, 5) is 2.37. The summed E-state index contributed by atoms with van der Waals surface area (Å²) < 4.78 is 12.2. The molecule has 1 spiro atoms. The normalized spacial score (nSPS) is 23.4. The Balaban J connectivity index is 1.59. The Morgan fingerprint density at radius 2 is 1.81 bits per heavy atom. The van der Waals surface area contributed by atoms with E-state index < -0.39 is 0 Å². The number of fused-ring (bicyclic) bond motifs is 4. The van der Waals surface area contributed by atoms with Crippen LogP contribution in [0.15, 0.2) is 53.6 Å². The van der Waals surface area contributed by atoms with Crippen LogP contribution in [-0.4, -0.2) is 48.6 Å². The fraction of sp³-hybridized carbons (Fsp3) is 0.409. The van der Waals surface area contributed by atoms with Gasteiger partial charge in [0.2, 0.25) is 5.72 Å². The van der Waals surface area contributed by atoms with Gasteiger partial charge in [-0.3, -0.25) is 0 Å². The van der Waals surface area contributed by atoms with Crippen LogP contribution in [0.5, 0.6) is 11.5 Å². The van der Waals surface area contributed by atoms with Crippen LogP contribution in [0, 0.1) is 0 Å². The van der Waals surface area contributed by atoms with Crippen molar-refractivity contribution in [1.82, 2.24) is 9.91 Å². The van der Waals surface area contributed by atoms with Crippen LogP contribution in [0.4, 0.5) is 0 Å². The summed E-state index contributed by atoms with van der Waals surface area (Å²) in [5.41, 5.74) is 3.04. The highest BCUT2D eigenvalue weighted by Crippen LogP contribution is 2.50. The molecular formula is C22H25N3O2. The van der Waals surface area contributed by atoms with Gasteiger partial charge >= 0.3 is 0 Å². The van der Waals surface area contributed by atoms with Gasteiger partial charge in [-0.05, 0) is 25.2 Å². The van der Waals surface area contributed by atoms with Gasteiger partial charge in [-0.25, -0.2) is 5.01 Å². The predicted molar refractivity (Wildman–Crippen MR) is 105 cm³/mol. The van der Waals surface area contributed by atoms with Crippen LogP contribution < -0.4 is 9.47 Å². The van der Waals surface area contributed by atoms with Gasteiger partial charge in [-0.1, -0.05) is 30.3 Å². The van der Waals surface area contributed by atoms with Gasteiger partial charge in [0.1, 0.15) is 11.5 Å². The second-order valence-electron chi connectivity index (χ2n) is 7.70. The molecule has 1 saturated heterocycles. The monoisotopic (exact) mass is 363 g/mol. The third-order valence-corrected chi connectivity index (χ3v) is 6.09. The molecule has 0 saturated carbocycles. The minimum absolute atomic E-state index is 0.221. The van der Waals surface area contributed by atoms with Crippen LogP contribution in [0.1, 0.15) is 36.4 Å². The highest BCUT2D eigenvalue weighted by Gasteiger charge is 2.51. The van der Waals surface area contributed by atoms with Crippen LogP contribution in [0.2, 0.25) is 0 Å². The minimum Gasteiger partial charge on any atom is -0.496 e. The number of piperidine rings is 1. The molecule has 1 fully saturated rings. The van der Waals surface area contributed by atoms with E-state index in [9.17, 15) is 0 Å². The van der Waals surface area contributed by atoms with Gasteiger partial charge in [-0.2, -0.15) is 5.10 Å². The maximum absolute atomic E-state index is 6.62. The molecule has 3 aliphatic rings. The molecule has 0 radical (unpaired) electrons. The predicted octanol–water partition coefficient (Wildman–Crippen LogP) is 3.66. The molecule has 0 aliphatic carbocycles. The fourth-order valence-electron chi connectivity index (χ4n) is 4.57. The lowest BCUT2D eigenvalue weighted by Gasteiger charge is -2.50. The standard InChI is InChI=1S/C22H25N3O2/c1-24-13-11-22(12-14-24)25-19(17-8-4-6-10-21(17)27-22)15-18(23-25)16-7-3-5-9-20(16)26-2/h3-10,19H,11-15H2,1-2H3/t19-/m1/s1. The summed E-state index contributed by atoms with van der Waals surface area (Å²) in [6, 6.07) is 16.8. The van der Waals surface area contributed by atoms with E-state index in [1.165, 1.54) is 5.56 Å². The number of hydrogen-bond donors (Lipinski definition) is 0. The lowest BCUT2D eigenvalue weighted by Crippen LogP contribution is -2.58. The van der Waals surface area contributed by atoms with E-state index in [-0.39, 0.29) is 11.8 Å². The van der Waals surface area contributed by atoms with Crippen molar-refractivity contribution in [3.05, 3.63) is 59.7 Å². The highest BCUT2D eigenvalue weighted by atomic mass is 16.5. The van der Waals surface area contributed by atoms with Crippen molar-refractivity contribution >= 4 is 5.71 Å². The molecule has 5 heteroatoms. The van der Waals surface area contributed by atoms with Gasteiger partial charge in [0.05, 0.1) is 18.9 Å². The summed E-state index contributed by atoms with van der Waals surface area (Å²) in [5, 5.41) is 7.37. The van der Waals surface area contributed by atoms with Crippen LogP contribution in [-0.2, 0) is 0 Å². The zero-order chi connectivity index (χ0) is 18.4. The Morgan fingerprint density at radius 1 is 1.07 bits per heavy atom. The molecule has 2 aromatic rings. The Hall–Kier alpha value is -2.53. The first-order valence-electron chi connectivity index (χ1n) is 9.67. The van der Waals surface area contributed by atoms with Gasteiger partial charge < -0.3 is 14.4 Å². The molecule has 5 rings (SSSR count). The first-order valence-corrected chi connectivity index (χ1v) is 9.67. The fourth-order valence-corrected chi connectivity index (χ4v) is 4.57. The van der Waals surface area contributed by atoms with Crippen molar-refractivity contribution in [2.24, 2.45) is 5.10 Å². The van der Waals surface area contributed by atoms with E-state index >= 15 is 0 Å². The van der Waals surface area contributed by atoms with Crippen LogP contribution in [0.3, 0.4) is 0 Å². The van der Waals surface area contributed by atoms with Crippen molar-refractivity contribution in [2.75, 3.05) is 27.2 Å². The summed E-state index contributed by atoms with van der Waals surface area (Å²) in [6.45, 7) is 2.04. The number of para-hydroxylation sites is 2. The molecule has 3 heterocycles. The average Bonchev–Trinajstić information content (AvgIpc) is 3.17. The lowest BCUT2D eigenvalue weighted by molar-refractivity contribution is -0.147. The number of likely N-dealkylation sites (tertiary alicyclic amines) is 1. The Bertz CT molecular complexity index is 887. The highest BCUT2D eigenvalue weighted by molar-refractivity contribution is 6.04. The molecule has 27 heavy (non-hydrogen) atoms. The third kappa shape index (κ3) is 2.60. The third-order valence-electron chi connectivity index (χ3n) is 6.09. The lowest BCUT2D eigenvalue weighted by atomic mass is 9.91. The number of nitrogens with zero attached hydrogens (tertiary/aromatic N) is 3. The molecule has 0 aromatic heterocycles. The quantitative estimate of drug-likeness (QED) is 0.816. The Morgan fingerprint density at radius 3 is 2.63 bits per heavy atom. The topological polar surface area (TPSA) is 37.3 Å². The summed E-state index contributed by atoms with van der Waals surface area (Å²) in [5.74, 6) is 1.89. The van der Waals surface area contributed by atoms with Crippen molar-refractivity contribution in [2.45, 2.75) is 31.0 Å². The van der Waals surface area contributed by atoms with Crippen molar-refractivity contribution in [3.63, 3.8) is 0 Å². The molecule has 0 bridgehead atoms. The number of hydrogen-bond acceptors (Lipinski definition) is 5. The molecule has 140 valence electrons. The molecule has 0 N–H and O–H groups in total. The number of ether oxygens (including phenoxy) is 2. The maximum atomic E-state index is 6.62. The average molecular weight is 363 g/mol. The number of rotatable bonds is 2. The maximum Gasteiger partial charge on any atom is 0.200 e. The van der Waals surface area contributed by atoms with Gasteiger partial charge in [0, 0.05) is 43.5 Å². The van der Waals surface area contributed by atoms with Crippen molar-refractivity contribution in [3.8, 4) is 11.5 Å². The Labute approximate surface area is 160 Å². The van der Waals surface area contributed by atoms with Crippen LogP contribution >= 0.6 is 0 Å². The summed E-state index contributed by atoms with van der Waals surface area (Å²) in [6.07, 6.45) is 2.78. The van der Waals surface area contributed by atoms with E-state index in [1.807, 2.05) is 18.2 Å². The van der Waals surface area contributed by atoms with Gasteiger partial charge in [-0.15, -0.1) is 0 Å². The zero-order valence-corrected chi connectivity index (χ0v) is 15.9. The minimum atomic E-state index is -0.352. The van der Waals surface area contributed by atoms with E-state index in [0.29, 0.717) is 0 Å². The first-order chi connectivity index (χ1) is 13.2. The van der Waals surface area contributed by atoms with E-state index in [2.05, 4.69) is 47.3 Å². The molecule has 5 nitrogen and oxygen atoms in total. The van der Waals surface area contributed by atoms with Crippen molar-refractivity contribution in [1.29, 1.82) is 0 Å². The molecule has 2 aromatic carbocycles. The largest absolute Gasteiger partial charge is 0.496 e. The summed E-state index contributed by atoms with van der Waals surface area (Å²) in [7, 11) is 3.90. The number of methoxy groups -OCH3 is 1. The van der Waals surface area contributed by atoms with Crippen LogP contribution in [0.25, 0.3) is 0 Å². The molecular weight excluding hydrogens is 338 g/mol. The van der Waals surface area contributed by atoms with E-state index in [0.717, 1.165) is 55.1 Å². The van der Waals surface area contributed by atoms with E-state index in [4.69, 9.17) is 14.6 Å². The first kappa shape index (κ1) is 16.6. The molecule has 0 unspecified atom stereocenters. The van der Waals surface area contributed by atoms with E-state index in [1.54, 1.807) is 7.11 Å². The van der Waals surface area contributed by atoms with Gasteiger partial charge in [0.25, 0.3) is 0 Å².